The Labute approximate surface area is 168 Å². The maximum Gasteiger partial charge on any atom is 0.233 e. The Kier molecular flexibility index (Phi) is 6.53. The van der Waals surface area contributed by atoms with E-state index in [0.717, 1.165) is 11.3 Å². The fourth-order valence-corrected chi connectivity index (χ4v) is 3.86. The first-order valence-electron chi connectivity index (χ1n) is 8.82. The Balaban J connectivity index is 1.98. The zero-order chi connectivity index (χ0) is 19.2. The molecule has 0 N–H and O–H groups in total. The number of rotatable bonds is 7. The van der Waals surface area contributed by atoms with E-state index in [0.29, 0.717) is 34.8 Å². The summed E-state index contributed by atoms with van der Waals surface area (Å²) in [7, 11) is 0. The van der Waals surface area contributed by atoms with Gasteiger partial charge in [0.1, 0.15) is 0 Å². The van der Waals surface area contributed by atoms with Gasteiger partial charge in [-0.05, 0) is 38.1 Å². The summed E-state index contributed by atoms with van der Waals surface area (Å²) < 4.78 is 1.95. The Hall–Kier alpha value is -2.31. The number of amides is 1. The molecular weight excluding hydrogens is 380 g/mol. The van der Waals surface area contributed by atoms with Crippen molar-refractivity contribution in [3.05, 3.63) is 59.6 Å². The fraction of sp³-hybridized carbons (Fsp3) is 0.250. The van der Waals surface area contributed by atoms with Crippen molar-refractivity contribution in [2.24, 2.45) is 0 Å². The largest absolute Gasteiger partial charge is 0.343 e. The van der Waals surface area contributed by atoms with E-state index >= 15 is 0 Å². The van der Waals surface area contributed by atoms with Gasteiger partial charge in [0.25, 0.3) is 0 Å². The Morgan fingerprint density at radius 3 is 2.37 bits per heavy atom. The van der Waals surface area contributed by atoms with Crippen LogP contribution in [0.1, 0.15) is 13.8 Å². The van der Waals surface area contributed by atoms with Crippen LogP contribution in [0.3, 0.4) is 0 Å². The average molecular weight is 401 g/mol. The van der Waals surface area contributed by atoms with Crippen molar-refractivity contribution in [3.8, 4) is 17.1 Å². The number of hydrogen-bond donors (Lipinski definition) is 0. The molecule has 0 aliphatic carbocycles. The molecule has 0 aliphatic rings. The van der Waals surface area contributed by atoms with E-state index in [4.69, 9.17) is 11.6 Å². The van der Waals surface area contributed by atoms with Crippen LogP contribution < -0.4 is 0 Å². The first-order chi connectivity index (χ1) is 13.2. The van der Waals surface area contributed by atoms with Gasteiger partial charge < -0.3 is 4.90 Å². The van der Waals surface area contributed by atoms with Crippen LogP contribution in [0.2, 0.25) is 5.02 Å². The highest BCUT2D eigenvalue weighted by atomic mass is 35.5. The van der Waals surface area contributed by atoms with Gasteiger partial charge >= 0.3 is 0 Å². The standard InChI is InChI=1S/C20H21ClN4OS/c1-3-24(4-2)18(26)14-27-20-23-22-19(16-12-8-9-13-17(16)21)25(20)15-10-6-5-7-11-15/h5-13H,3-4,14H2,1-2H3. The van der Waals surface area contributed by atoms with Crippen LogP contribution in [-0.4, -0.2) is 44.4 Å². The van der Waals surface area contributed by atoms with Crippen molar-refractivity contribution >= 4 is 29.3 Å². The molecule has 0 aliphatic heterocycles. The molecule has 1 heterocycles. The van der Waals surface area contributed by atoms with Crippen molar-refractivity contribution in [2.45, 2.75) is 19.0 Å². The lowest BCUT2D eigenvalue weighted by molar-refractivity contribution is -0.127. The molecule has 0 spiro atoms. The summed E-state index contributed by atoms with van der Waals surface area (Å²) >= 11 is 7.77. The van der Waals surface area contributed by atoms with Crippen LogP contribution in [0.4, 0.5) is 0 Å². The van der Waals surface area contributed by atoms with Gasteiger partial charge in [0.05, 0.1) is 10.8 Å². The average Bonchev–Trinajstić information content (AvgIpc) is 3.12. The van der Waals surface area contributed by atoms with Crippen LogP contribution >= 0.6 is 23.4 Å². The molecule has 0 bridgehead atoms. The third-order valence-corrected chi connectivity index (χ3v) is 5.45. The highest BCUT2D eigenvalue weighted by Crippen LogP contribution is 2.31. The molecule has 1 aromatic heterocycles. The predicted molar refractivity (Wildman–Crippen MR) is 110 cm³/mol. The van der Waals surface area contributed by atoms with Crippen molar-refractivity contribution in [1.29, 1.82) is 0 Å². The molecule has 0 saturated carbocycles. The molecule has 0 saturated heterocycles. The predicted octanol–water partition coefficient (Wildman–Crippen LogP) is 4.55. The third-order valence-electron chi connectivity index (χ3n) is 4.20. The molecule has 0 unspecified atom stereocenters. The molecule has 7 heteroatoms. The summed E-state index contributed by atoms with van der Waals surface area (Å²) in [5.41, 5.74) is 1.73. The second-order valence-electron chi connectivity index (χ2n) is 5.81. The molecule has 0 fully saturated rings. The van der Waals surface area contributed by atoms with Gasteiger partial charge in [0.15, 0.2) is 11.0 Å². The number of benzene rings is 2. The first kappa shape index (κ1) is 19.5. The zero-order valence-corrected chi connectivity index (χ0v) is 16.9. The highest BCUT2D eigenvalue weighted by molar-refractivity contribution is 7.99. The van der Waals surface area contributed by atoms with E-state index in [2.05, 4.69) is 10.2 Å². The molecule has 1 amide bonds. The van der Waals surface area contributed by atoms with Gasteiger partial charge in [-0.2, -0.15) is 0 Å². The minimum absolute atomic E-state index is 0.0897. The second-order valence-corrected chi connectivity index (χ2v) is 7.16. The Morgan fingerprint density at radius 2 is 1.70 bits per heavy atom. The van der Waals surface area contributed by atoms with E-state index in [1.54, 1.807) is 0 Å². The van der Waals surface area contributed by atoms with Gasteiger partial charge in [0, 0.05) is 24.3 Å². The summed E-state index contributed by atoms with van der Waals surface area (Å²) in [6.45, 7) is 5.36. The maximum atomic E-state index is 12.4. The molecule has 3 rings (SSSR count). The topological polar surface area (TPSA) is 51.0 Å². The highest BCUT2D eigenvalue weighted by Gasteiger charge is 2.19. The van der Waals surface area contributed by atoms with Crippen LogP contribution in [0, 0.1) is 0 Å². The lowest BCUT2D eigenvalue weighted by Gasteiger charge is -2.18. The van der Waals surface area contributed by atoms with Gasteiger partial charge in [-0.15, -0.1) is 10.2 Å². The maximum absolute atomic E-state index is 12.4. The lowest BCUT2D eigenvalue weighted by Crippen LogP contribution is -2.31. The number of aromatic nitrogens is 3. The van der Waals surface area contributed by atoms with E-state index in [-0.39, 0.29) is 5.91 Å². The number of nitrogens with zero attached hydrogens (tertiary/aromatic N) is 4. The van der Waals surface area contributed by atoms with E-state index in [1.807, 2.05) is 77.9 Å². The van der Waals surface area contributed by atoms with E-state index in [9.17, 15) is 4.79 Å². The molecule has 140 valence electrons. The van der Waals surface area contributed by atoms with Crippen LogP contribution in [-0.2, 0) is 4.79 Å². The van der Waals surface area contributed by atoms with Crippen molar-refractivity contribution < 1.29 is 4.79 Å². The van der Waals surface area contributed by atoms with Gasteiger partial charge in [-0.25, -0.2) is 0 Å². The van der Waals surface area contributed by atoms with Crippen LogP contribution in [0.25, 0.3) is 17.1 Å². The zero-order valence-electron chi connectivity index (χ0n) is 15.3. The minimum Gasteiger partial charge on any atom is -0.343 e. The molecule has 0 atom stereocenters. The molecular formula is C20H21ClN4OS. The lowest BCUT2D eigenvalue weighted by atomic mass is 10.2. The number of para-hydroxylation sites is 1. The molecule has 5 nitrogen and oxygen atoms in total. The number of halogens is 1. The van der Waals surface area contributed by atoms with Crippen molar-refractivity contribution in [1.82, 2.24) is 19.7 Å². The quantitative estimate of drug-likeness (QED) is 0.546. The second kappa shape index (κ2) is 9.06. The summed E-state index contributed by atoms with van der Waals surface area (Å²) in [6.07, 6.45) is 0. The monoisotopic (exact) mass is 400 g/mol. The molecule has 3 aromatic rings. The normalized spacial score (nSPS) is 10.8. The summed E-state index contributed by atoms with van der Waals surface area (Å²) in [5, 5.41) is 9.98. The molecule has 27 heavy (non-hydrogen) atoms. The summed E-state index contributed by atoms with van der Waals surface area (Å²) in [6, 6.07) is 17.4. The minimum atomic E-state index is 0.0897. The number of carbonyl (C=O) groups excluding carboxylic acids is 1. The van der Waals surface area contributed by atoms with Crippen molar-refractivity contribution in [3.63, 3.8) is 0 Å². The van der Waals surface area contributed by atoms with Gasteiger partial charge in [0.2, 0.25) is 5.91 Å². The smallest absolute Gasteiger partial charge is 0.233 e. The van der Waals surface area contributed by atoms with Crippen molar-refractivity contribution in [2.75, 3.05) is 18.8 Å². The third kappa shape index (κ3) is 4.34. The first-order valence-corrected chi connectivity index (χ1v) is 10.2. The van der Waals surface area contributed by atoms with Gasteiger partial charge in [-0.1, -0.05) is 53.7 Å². The fourth-order valence-electron chi connectivity index (χ4n) is 2.78. The number of hydrogen-bond acceptors (Lipinski definition) is 4. The summed E-state index contributed by atoms with van der Waals surface area (Å²) in [4.78, 5) is 14.2. The Morgan fingerprint density at radius 1 is 1.04 bits per heavy atom. The van der Waals surface area contributed by atoms with E-state index < -0.39 is 0 Å². The Bertz CT molecular complexity index is 909. The van der Waals surface area contributed by atoms with Gasteiger partial charge in [-0.3, -0.25) is 9.36 Å². The van der Waals surface area contributed by atoms with E-state index in [1.165, 1.54) is 11.8 Å². The SMILES string of the molecule is CCN(CC)C(=O)CSc1nnc(-c2ccccc2Cl)n1-c1ccccc1. The number of thioether (sulfide) groups is 1. The van der Waals surface area contributed by atoms with Crippen LogP contribution in [0.5, 0.6) is 0 Å². The van der Waals surface area contributed by atoms with Crippen LogP contribution in [0.15, 0.2) is 59.8 Å². The number of carbonyl (C=O) groups is 1. The summed E-state index contributed by atoms with van der Waals surface area (Å²) in [5.74, 6) is 1.06. The molecule has 2 aromatic carbocycles. The molecule has 0 radical (unpaired) electrons.